The molecule has 3 aliphatic heterocycles. The second-order valence-electron chi connectivity index (χ2n) is 8.64. The fraction of sp³-hybridized carbons (Fsp3) is 0.320. The van der Waals surface area contributed by atoms with Gasteiger partial charge in [0.25, 0.3) is 0 Å². The number of hydrogen-bond donors (Lipinski definition) is 0. The van der Waals surface area contributed by atoms with Crippen molar-refractivity contribution in [2.45, 2.75) is 39.6 Å². The highest BCUT2D eigenvalue weighted by Gasteiger charge is 2.26. The molecule has 0 spiro atoms. The van der Waals surface area contributed by atoms with Crippen LogP contribution in [0.1, 0.15) is 48.8 Å². The molecule has 3 aromatic rings. The largest absolute Gasteiger partial charge is 0.457 e. The lowest BCUT2D eigenvalue weighted by Gasteiger charge is -2.28. The number of rotatable bonds is 4. The molecule has 0 bridgehead atoms. The summed E-state index contributed by atoms with van der Waals surface area (Å²) in [5, 5.41) is 0. The SMILES string of the molecule is Cc1c(CCN2CCn3c(-c4ccc5c(c4)COC5=O)cnc3C2)ccc2c1COC2=O. The molecule has 2 aromatic carbocycles. The van der Waals surface area contributed by atoms with Gasteiger partial charge in [0.1, 0.15) is 19.0 Å². The third-order valence-electron chi connectivity index (χ3n) is 6.90. The number of cyclic esters (lactones) is 2. The van der Waals surface area contributed by atoms with Crippen molar-refractivity contribution in [3.63, 3.8) is 0 Å². The highest BCUT2D eigenvalue weighted by atomic mass is 16.5. The number of aromatic nitrogens is 2. The molecule has 0 N–H and O–H groups in total. The molecule has 0 atom stereocenters. The first kappa shape index (κ1) is 19.3. The molecule has 32 heavy (non-hydrogen) atoms. The summed E-state index contributed by atoms with van der Waals surface area (Å²) in [4.78, 5) is 30.6. The summed E-state index contributed by atoms with van der Waals surface area (Å²) in [5.74, 6) is 0.606. The summed E-state index contributed by atoms with van der Waals surface area (Å²) < 4.78 is 12.6. The predicted molar refractivity (Wildman–Crippen MR) is 116 cm³/mol. The van der Waals surface area contributed by atoms with E-state index in [1.807, 2.05) is 30.5 Å². The minimum atomic E-state index is -0.241. The van der Waals surface area contributed by atoms with E-state index < -0.39 is 0 Å². The van der Waals surface area contributed by atoms with Crippen LogP contribution < -0.4 is 0 Å². The molecule has 162 valence electrons. The van der Waals surface area contributed by atoms with Gasteiger partial charge in [0.05, 0.1) is 29.6 Å². The van der Waals surface area contributed by atoms with Crippen molar-refractivity contribution in [2.24, 2.45) is 0 Å². The number of hydrogen-bond acceptors (Lipinski definition) is 6. The molecule has 6 rings (SSSR count). The van der Waals surface area contributed by atoms with Gasteiger partial charge in [-0.2, -0.15) is 0 Å². The fourth-order valence-electron chi connectivity index (χ4n) is 4.97. The number of nitrogens with zero attached hydrogens (tertiary/aromatic N) is 3. The zero-order valence-corrected chi connectivity index (χ0v) is 17.9. The van der Waals surface area contributed by atoms with Gasteiger partial charge < -0.3 is 14.0 Å². The molecule has 0 fully saturated rings. The molecule has 0 amide bonds. The fourth-order valence-corrected chi connectivity index (χ4v) is 4.97. The summed E-state index contributed by atoms with van der Waals surface area (Å²) in [6.07, 6.45) is 2.86. The summed E-state index contributed by atoms with van der Waals surface area (Å²) in [6.45, 7) is 6.39. The van der Waals surface area contributed by atoms with Crippen LogP contribution in [-0.4, -0.2) is 39.5 Å². The standard InChI is InChI=1S/C25H23N3O4/c1-15-16(2-5-20-21(15)14-32-25(20)30)6-7-27-8-9-28-22(11-26-23(28)12-27)17-3-4-19-18(10-17)13-31-24(19)29/h2-5,10-11H,6-9,12-14H2,1H3. The van der Waals surface area contributed by atoms with E-state index in [1.54, 1.807) is 0 Å². The molecule has 1 aromatic heterocycles. The maximum atomic E-state index is 11.8. The van der Waals surface area contributed by atoms with Crippen molar-refractivity contribution in [3.8, 4) is 11.3 Å². The Labute approximate surface area is 185 Å². The third kappa shape index (κ3) is 3.04. The first-order valence-electron chi connectivity index (χ1n) is 10.9. The Morgan fingerprint density at radius 2 is 1.81 bits per heavy atom. The quantitative estimate of drug-likeness (QED) is 0.593. The summed E-state index contributed by atoms with van der Waals surface area (Å²) in [7, 11) is 0. The lowest BCUT2D eigenvalue weighted by molar-refractivity contribution is 0.0526. The van der Waals surface area contributed by atoms with Crippen LogP contribution in [0.5, 0.6) is 0 Å². The molecule has 0 saturated heterocycles. The molecule has 7 heteroatoms. The minimum absolute atomic E-state index is 0.212. The molecule has 0 saturated carbocycles. The van der Waals surface area contributed by atoms with Crippen molar-refractivity contribution in [1.82, 2.24) is 14.5 Å². The van der Waals surface area contributed by atoms with E-state index in [1.165, 1.54) is 11.1 Å². The lowest BCUT2D eigenvalue weighted by atomic mass is 9.96. The highest BCUT2D eigenvalue weighted by Crippen LogP contribution is 2.30. The Hall–Kier alpha value is -3.45. The van der Waals surface area contributed by atoms with Crippen molar-refractivity contribution >= 4 is 11.9 Å². The van der Waals surface area contributed by atoms with Crippen molar-refractivity contribution in [3.05, 3.63) is 75.7 Å². The number of fused-ring (bicyclic) bond motifs is 3. The van der Waals surface area contributed by atoms with E-state index in [0.29, 0.717) is 24.3 Å². The van der Waals surface area contributed by atoms with Crippen LogP contribution in [0.3, 0.4) is 0 Å². The number of carbonyl (C=O) groups is 2. The van der Waals surface area contributed by atoms with Gasteiger partial charge in [0.2, 0.25) is 0 Å². The molecule has 0 unspecified atom stereocenters. The number of benzene rings is 2. The highest BCUT2D eigenvalue weighted by molar-refractivity contribution is 5.94. The first-order valence-corrected chi connectivity index (χ1v) is 10.9. The van der Waals surface area contributed by atoms with Crippen molar-refractivity contribution in [1.29, 1.82) is 0 Å². The number of imidazole rings is 1. The summed E-state index contributed by atoms with van der Waals surface area (Å²) in [5.41, 5.74) is 7.95. The molecule has 0 radical (unpaired) electrons. The Kier molecular flexibility index (Phi) is 4.40. The Bertz CT molecular complexity index is 1280. The topological polar surface area (TPSA) is 73.7 Å². The zero-order chi connectivity index (χ0) is 21.8. The van der Waals surface area contributed by atoms with E-state index in [-0.39, 0.29) is 11.9 Å². The molecular weight excluding hydrogens is 406 g/mol. The van der Waals surface area contributed by atoms with Crippen molar-refractivity contribution in [2.75, 3.05) is 13.1 Å². The van der Waals surface area contributed by atoms with Gasteiger partial charge in [-0.25, -0.2) is 14.6 Å². The van der Waals surface area contributed by atoms with Gasteiger partial charge in [0, 0.05) is 36.3 Å². The third-order valence-corrected chi connectivity index (χ3v) is 6.90. The molecule has 0 aliphatic carbocycles. The second-order valence-corrected chi connectivity index (χ2v) is 8.64. The van der Waals surface area contributed by atoms with Gasteiger partial charge in [-0.15, -0.1) is 0 Å². The maximum absolute atomic E-state index is 11.8. The van der Waals surface area contributed by atoms with Crippen LogP contribution in [0.25, 0.3) is 11.3 Å². The zero-order valence-electron chi connectivity index (χ0n) is 17.9. The molecule has 3 aliphatic rings. The van der Waals surface area contributed by atoms with Gasteiger partial charge in [-0.1, -0.05) is 12.1 Å². The minimum Gasteiger partial charge on any atom is -0.457 e. The second kappa shape index (κ2) is 7.31. The smallest absolute Gasteiger partial charge is 0.338 e. The normalized spacial score (nSPS) is 17.0. The Balaban J connectivity index is 1.16. The maximum Gasteiger partial charge on any atom is 0.338 e. The average molecular weight is 429 g/mol. The van der Waals surface area contributed by atoms with Gasteiger partial charge >= 0.3 is 11.9 Å². The van der Waals surface area contributed by atoms with E-state index >= 15 is 0 Å². The molecule has 4 heterocycles. The van der Waals surface area contributed by atoms with Crippen LogP contribution in [0.2, 0.25) is 0 Å². The van der Waals surface area contributed by atoms with Crippen LogP contribution in [0.4, 0.5) is 0 Å². The first-order chi connectivity index (χ1) is 15.6. The predicted octanol–water partition coefficient (Wildman–Crippen LogP) is 3.26. The molecule has 7 nitrogen and oxygen atoms in total. The molecular formula is C25H23N3O4. The Morgan fingerprint density at radius 3 is 2.72 bits per heavy atom. The average Bonchev–Trinajstić information content (AvgIpc) is 3.50. The Morgan fingerprint density at radius 1 is 1.00 bits per heavy atom. The van der Waals surface area contributed by atoms with E-state index in [9.17, 15) is 9.59 Å². The van der Waals surface area contributed by atoms with Crippen LogP contribution in [0, 0.1) is 6.92 Å². The number of esters is 2. The van der Waals surface area contributed by atoms with Crippen LogP contribution >= 0.6 is 0 Å². The number of ether oxygens (including phenoxy) is 2. The van der Waals surface area contributed by atoms with E-state index in [4.69, 9.17) is 9.47 Å². The van der Waals surface area contributed by atoms with Crippen LogP contribution in [0.15, 0.2) is 36.5 Å². The van der Waals surface area contributed by atoms with Crippen molar-refractivity contribution < 1.29 is 19.1 Å². The summed E-state index contributed by atoms with van der Waals surface area (Å²) >= 11 is 0. The van der Waals surface area contributed by atoms with E-state index in [2.05, 4.69) is 27.4 Å². The summed E-state index contributed by atoms with van der Waals surface area (Å²) in [6, 6.07) is 9.84. The van der Waals surface area contributed by atoms with Gasteiger partial charge in [-0.05, 0) is 42.7 Å². The van der Waals surface area contributed by atoms with Gasteiger partial charge in [-0.3, -0.25) is 4.90 Å². The lowest BCUT2D eigenvalue weighted by Crippen LogP contribution is -2.35. The van der Waals surface area contributed by atoms with E-state index in [0.717, 1.165) is 60.8 Å². The number of carbonyl (C=O) groups excluding carboxylic acids is 2. The van der Waals surface area contributed by atoms with Gasteiger partial charge in [0.15, 0.2) is 0 Å². The monoisotopic (exact) mass is 429 g/mol. The van der Waals surface area contributed by atoms with Crippen LogP contribution in [-0.2, 0) is 42.2 Å².